The summed E-state index contributed by atoms with van der Waals surface area (Å²) >= 11 is 0. The van der Waals surface area contributed by atoms with Gasteiger partial charge in [-0.05, 0) is 43.2 Å². The van der Waals surface area contributed by atoms with Crippen LogP contribution in [0.3, 0.4) is 0 Å². The Hall–Kier alpha value is -5.00. The number of ether oxygens (including phenoxy) is 2. The standard InChI is InChI=1S/C28H28N8O4/c1-19-13-25(33-28(32-19)35-10-9-30-17-35)36-12-11-34(27(38)21-3-2-7-29-15-21)16-22(36)26(37)31-8-6-20-4-5-23-24(14-20)40-18-39-23/h2-5,7,9-10,13-15,17,22H,6,8,11-12,16,18H2,1H3,(H,31,37). The molecule has 3 aromatic heterocycles. The Morgan fingerprint density at radius 3 is 2.77 bits per heavy atom. The predicted octanol–water partition coefficient (Wildman–Crippen LogP) is 1.78. The molecule has 12 heteroatoms. The van der Waals surface area contributed by atoms with E-state index in [-0.39, 0.29) is 25.2 Å². The van der Waals surface area contributed by atoms with Crippen molar-refractivity contribution in [2.75, 3.05) is 37.9 Å². The van der Waals surface area contributed by atoms with Crippen LogP contribution in [0.5, 0.6) is 11.5 Å². The van der Waals surface area contributed by atoms with Crippen molar-refractivity contribution in [1.29, 1.82) is 0 Å². The molecular formula is C28H28N8O4. The van der Waals surface area contributed by atoms with Crippen molar-refractivity contribution in [2.45, 2.75) is 19.4 Å². The smallest absolute Gasteiger partial charge is 0.255 e. The summed E-state index contributed by atoms with van der Waals surface area (Å²) < 4.78 is 12.6. The molecule has 2 amide bonds. The van der Waals surface area contributed by atoms with E-state index in [9.17, 15) is 9.59 Å². The Kier molecular flexibility index (Phi) is 6.96. The number of nitrogens with one attached hydrogen (secondary N) is 1. The van der Waals surface area contributed by atoms with E-state index < -0.39 is 6.04 Å². The van der Waals surface area contributed by atoms with Crippen LogP contribution in [0.2, 0.25) is 0 Å². The minimum atomic E-state index is -0.656. The van der Waals surface area contributed by atoms with E-state index in [1.807, 2.05) is 36.1 Å². The van der Waals surface area contributed by atoms with Crippen LogP contribution in [0.25, 0.3) is 5.95 Å². The summed E-state index contributed by atoms with van der Waals surface area (Å²) in [4.78, 5) is 48.0. The fourth-order valence-electron chi connectivity index (χ4n) is 4.86. The van der Waals surface area contributed by atoms with Gasteiger partial charge in [-0.25, -0.2) is 9.97 Å². The fourth-order valence-corrected chi connectivity index (χ4v) is 4.86. The van der Waals surface area contributed by atoms with E-state index in [4.69, 9.17) is 14.5 Å². The average Bonchev–Trinajstić information content (AvgIpc) is 3.69. The number of imidazole rings is 1. The molecule has 2 aliphatic rings. The molecule has 0 spiro atoms. The van der Waals surface area contributed by atoms with Gasteiger partial charge in [0.25, 0.3) is 5.91 Å². The minimum absolute atomic E-state index is 0.163. The molecule has 12 nitrogen and oxygen atoms in total. The van der Waals surface area contributed by atoms with Crippen molar-refractivity contribution in [3.63, 3.8) is 0 Å². The molecule has 1 unspecified atom stereocenters. The SMILES string of the molecule is Cc1cc(N2CCN(C(=O)c3cccnc3)CC2C(=O)NCCc2ccc3c(c2)OCO3)nc(-n2ccnc2)n1. The van der Waals surface area contributed by atoms with Crippen LogP contribution in [-0.4, -0.2) is 80.2 Å². The second kappa shape index (κ2) is 11.0. The second-order valence-corrected chi connectivity index (χ2v) is 9.57. The van der Waals surface area contributed by atoms with Gasteiger partial charge in [0.1, 0.15) is 18.2 Å². The summed E-state index contributed by atoms with van der Waals surface area (Å²) in [6.45, 7) is 3.57. The number of hydrogen-bond acceptors (Lipinski definition) is 9. The van der Waals surface area contributed by atoms with Gasteiger partial charge < -0.3 is 24.6 Å². The van der Waals surface area contributed by atoms with Gasteiger partial charge in [0.15, 0.2) is 11.5 Å². The largest absolute Gasteiger partial charge is 0.454 e. The van der Waals surface area contributed by atoms with Crippen LogP contribution in [0.15, 0.2) is 67.5 Å². The number of hydrogen-bond donors (Lipinski definition) is 1. The maximum atomic E-state index is 13.7. The third-order valence-electron chi connectivity index (χ3n) is 6.89. The van der Waals surface area contributed by atoms with Gasteiger partial charge in [-0.3, -0.25) is 19.1 Å². The first-order chi connectivity index (χ1) is 19.5. The summed E-state index contributed by atoms with van der Waals surface area (Å²) in [7, 11) is 0. The van der Waals surface area contributed by atoms with E-state index >= 15 is 0 Å². The zero-order chi connectivity index (χ0) is 27.5. The third kappa shape index (κ3) is 5.28. The zero-order valence-corrected chi connectivity index (χ0v) is 21.9. The molecule has 1 atom stereocenters. The quantitative estimate of drug-likeness (QED) is 0.373. The molecule has 1 aromatic carbocycles. The van der Waals surface area contributed by atoms with Gasteiger partial charge in [-0.2, -0.15) is 4.98 Å². The first-order valence-corrected chi connectivity index (χ1v) is 13.0. The maximum absolute atomic E-state index is 13.7. The summed E-state index contributed by atoms with van der Waals surface area (Å²) in [5.41, 5.74) is 2.26. The maximum Gasteiger partial charge on any atom is 0.255 e. The lowest BCUT2D eigenvalue weighted by Crippen LogP contribution is -2.60. The van der Waals surface area contributed by atoms with E-state index in [2.05, 4.69) is 20.3 Å². The number of carbonyl (C=O) groups excluding carboxylic acids is 2. The molecular weight excluding hydrogens is 512 g/mol. The normalized spacial score (nSPS) is 16.2. The number of anilines is 1. The number of amides is 2. The topological polar surface area (TPSA) is 128 Å². The third-order valence-corrected chi connectivity index (χ3v) is 6.89. The highest BCUT2D eigenvalue weighted by molar-refractivity contribution is 5.95. The molecule has 1 N–H and O–H groups in total. The van der Waals surface area contributed by atoms with Gasteiger partial charge in [0, 0.05) is 56.2 Å². The number of aryl methyl sites for hydroxylation is 1. The zero-order valence-electron chi connectivity index (χ0n) is 21.9. The number of benzene rings is 1. The molecule has 4 aromatic rings. The van der Waals surface area contributed by atoms with Crippen LogP contribution in [-0.2, 0) is 11.2 Å². The monoisotopic (exact) mass is 540 g/mol. The van der Waals surface area contributed by atoms with E-state index in [0.717, 1.165) is 17.0 Å². The van der Waals surface area contributed by atoms with Gasteiger partial charge in [0.2, 0.25) is 18.6 Å². The van der Waals surface area contributed by atoms with Gasteiger partial charge in [-0.1, -0.05) is 6.07 Å². The summed E-state index contributed by atoms with van der Waals surface area (Å²) in [6, 6.07) is 10.4. The lowest BCUT2D eigenvalue weighted by Gasteiger charge is -2.41. The number of piperazine rings is 1. The highest BCUT2D eigenvalue weighted by atomic mass is 16.7. The molecule has 0 radical (unpaired) electrons. The average molecular weight is 541 g/mol. The summed E-state index contributed by atoms with van der Waals surface area (Å²) in [6.07, 6.45) is 8.84. The van der Waals surface area contributed by atoms with Gasteiger partial charge >= 0.3 is 0 Å². The van der Waals surface area contributed by atoms with Crippen molar-refractivity contribution in [2.24, 2.45) is 0 Å². The second-order valence-electron chi connectivity index (χ2n) is 9.57. The first-order valence-electron chi connectivity index (χ1n) is 13.0. The Balaban J connectivity index is 1.22. The molecule has 40 heavy (non-hydrogen) atoms. The van der Waals surface area contributed by atoms with Crippen molar-refractivity contribution < 1.29 is 19.1 Å². The van der Waals surface area contributed by atoms with Crippen LogP contribution in [0.1, 0.15) is 21.6 Å². The van der Waals surface area contributed by atoms with Crippen molar-refractivity contribution in [3.8, 4) is 17.4 Å². The molecule has 5 heterocycles. The number of fused-ring (bicyclic) bond motifs is 1. The Morgan fingerprint density at radius 1 is 1.05 bits per heavy atom. The molecule has 204 valence electrons. The molecule has 0 aliphatic carbocycles. The predicted molar refractivity (Wildman–Crippen MR) is 144 cm³/mol. The number of carbonyl (C=O) groups is 2. The molecule has 1 fully saturated rings. The Labute approximate surface area is 230 Å². The lowest BCUT2D eigenvalue weighted by molar-refractivity contribution is -0.123. The van der Waals surface area contributed by atoms with Crippen LogP contribution < -0.4 is 19.7 Å². The lowest BCUT2D eigenvalue weighted by atomic mass is 10.1. The van der Waals surface area contributed by atoms with E-state index in [1.165, 1.54) is 0 Å². The fraction of sp³-hybridized carbons (Fsp3) is 0.286. The van der Waals surface area contributed by atoms with E-state index in [0.29, 0.717) is 49.1 Å². The molecule has 1 saturated heterocycles. The van der Waals surface area contributed by atoms with Crippen LogP contribution in [0.4, 0.5) is 5.82 Å². The molecule has 2 aliphatic heterocycles. The summed E-state index contributed by atoms with van der Waals surface area (Å²) in [5.74, 6) is 2.15. The Morgan fingerprint density at radius 2 is 1.95 bits per heavy atom. The van der Waals surface area contributed by atoms with Gasteiger partial charge in [-0.15, -0.1) is 0 Å². The highest BCUT2D eigenvalue weighted by Gasteiger charge is 2.36. The number of pyridine rings is 1. The van der Waals surface area contributed by atoms with Gasteiger partial charge in [0.05, 0.1) is 12.1 Å². The minimum Gasteiger partial charge on any atom is -0.454 e. The number of nitrogens with zero attached hydrogens (tertiary/aromatic N) is 7. The number of aromatic nitrogens is 5. The van der Waals surface area contributed by atoms with Crippen LogP contribution >= 0.6 is 0 Å². The first kappa shape index (κ1) is 25.3. The highest BCUT2D eigenvalue weighted by Crippen LogP contribution is 2.32. The molecule has 0 bridgehead atoms. The number of rotatable bonds is 7. The summed E-state index contributed by atoms with van der Waals surface area (Å²) in [5, 5.41) is 3.06. The van der Waals surface area contributed by atoms with Crippen molar-refractivity contribution in [3.05, 3.63) is 84.3 Å². The van der Waals surface area contributed by atoms with Crippen LogP contribution in [0, 0.1) is 6.92 Å². The molecule has 0 saturated carbocycles. The van der Waals surface area contributed by atoms with Crippen molar-refractivity contribution >= 4 is 17.6 Å². The molecule has 6 rings (SSSR count). The van der Waals surface area contributed by atoms with E-state index in [1.54, 1.807) is 52.7 Å². The Bertz CT molecular complexity index is 1510. The van der Waals surface area contributed by atoms with Crippen molar-refractivity contribution in [1.82, 2.24) is 34.7 Å².